The Labute approximate surface area is 143 Å². The average molecular weight is 356 g/mol. The Morgan fingerprint density at radius 1 is 1.50 bits per heavy atom. The van der Waals surface area contributed by atoms with E-state index in [1.807, 2.05) is 30.5 Å². The zero-order valence-electron chi connectivity index (χ0n) is 12.2. The highest BCUT2D eigenvalue weighted by atomic mass is 32.2. The molecule has 0 spiro atoms. The average Bonchev–Trinajstić information content (AvgIpc) is 3.08. The monoisotopic (exact) mass is 355 g/mol. The summed E-state index contributed by atoms with van der Waals surface area (Å²) in [6, 6.07) is 3.88. The van der Waals surface area contributed by atoms with Crippen LogP contribution in [0.2, 0.25) is 0 Å². The second-order valence-electron chi connectivity index (χ2n) is 4.67. The molecule has 1 aliphatic rings. The molecule has 0 N–H and O–H groups in total. The first kappa shape index (κ1) is 17.2. The Hall–Kier alpha value is -1.18. The van der Waals surface area contributed by atoms with Crippen molar-refractivity contribution in [3.8, 4) is 0 Å². The van der Waals surface area contributed by atoms with Gasteiger partial charge in [0.05, 0.1) is 17.9 Å². The summed E-state index contributed by atoms with van der Waals surface area (Å²) in [5, 5.41) is 1.96. The number of thiocarbonyl (C=S) groups is 1. The number of carbonyl (C=O) groups is 2. The van der Waals surface area contributed by atoms with E-state index in [-0.39, 0.29) is 24.8 Å². The lowest BCUT2D eigenvalue weighted by Crippen LogP contribution is -2.30. The fourth-order valence-electron chi connectivity index (χ4n) is 1.80. The zero-order valence-corrected chi connectivity index (χ0v) is 14.7. The van der Waals surface area contributed by atoms with E-state index in [1.165, 1.54) is 16.7 Å². The van der Waals surface area contributed by atoms with Crippen molar-refractivity contribution in [1.82, 2.24) is 4.90 Å². The van der Waals surface area contributed by atoms with Gasteiger partial charge >= 0.3 is 5.97 Å². The predicted octanol–water partition coefficient (Wildman–Crippen LogP) is 3.68. The number of rotatable bonds is 7. The van der Waals surface area contributed by atoms with Gasteiger partial charge in [-0.2, -0.15) is 0 Å². The van der Waals surface area contributed by atoms with Gasteiger partial charge < -0.3 is 4.74 Å². The third-order valence-electron chi connectivity index (χ3n) is 2.99. The largest absolute Gasteiger partial charge is 0.466 e. The molecule has 22 heavy (non-hydrogen) atoms. The third-order valence-corrected chi connectivity index (χ3v) is 5.19. The molecule has 0 aliphatic carbocycles. The topological polar surface area (TPSA) is 46.6 Å². The molecule has 1 amide bonds. The maximum absolute atomic E-state index is 12.3. The summed E-state index contributed by atoms with van der Waals surface area (Å²) in [5.41, 5.74) is 0. The minimum absolute atomic E-state index is 0.134. The first-order valence-corrected chi connectivity index (χ1v) is 9.16. The fourth-order valence-corrected chi connectivity index (χ4v) is 3.83. The van der Waals surface area contributed by atoms with Crippen LogP contribution in [0.3, 0.4) is 0 Å². The Bertz CT molecular complexity index is 581. The first-order chi connectivity index (χ1) is 10.6. The summed E-state index contributed by atoms with van der Waals surface area (Å²) in [6.45, 7) is 2.75. The summed E-state index contributed by atoms with van der Waals surface area (Å²) in [6.07, 6.45) is 3.85. The second-order valence-corrected chi connectivity index (χ2v) is 7.33. The number of ether oxygens (including phenoxy) is 1. The lowest BCUT2D eigenvalue weighted by molar-refractivity contribution is -0.144. The van der Waals surface area contributed by atoms with Crippen LogP contribution in [0.5, 0.6) is 0 Å². The number of hydrogen-bond acceptors (Lipinski definition) is 6. The van der Waals surface area contributed by atoms with E-state index in [0.29, 0.717) is 15.8 Å². The van der Waals surface area contributed by atoms with Crippen LogP contribution in [0.4, 0.5) is 0 Å². The second kappa shape index (κ2) is 8.45. The fraction of sp³-hybridized carbons (Fsp3) is 0.400. The summed E-state index contributed by atoms with van der Waals surface area (Å²) < 4.78 is 5.58. The molecular weight excluding hydrogens is 338 g/mol. The normalized spacial score (nSPS) is 16.6. The molecule has 1 fully saturated rings. The van der Waals surface area contributed by atoms with Gasteiger partial charge in [0.25, 0.3) is 5.91 Å². The van der Waals surface area contributed by atoms with Crippen LogP contribution in [-0.2, 0) is 14.3 Å². The molecule has 2 heterocycles. The molecule has 4 nitrogen and oxygen atoms in total. The molecule has 1 aliphatic heterocycles. The predicted molar refractivity (Wildman–Crippen MR) is 94.7 cm³/mol. The minimum Gasteiger partial charge on any atom is -0.466 e. The lowest BCUT2D eigenvalue weighted by atomic mass is 10.3. The highest BCUT2D eigenvalue weighted by Gasteiger charge is 2.32. The van der Waals surface area contributed by atoms with Gasteiger partial charge in [-0.25, -0.2) is 0 Å². The Morgan fingerprint density at radius 3 is 3.00 bits per heavy atom. The minimum atomic E-state index is -0.287. The van der Waals surface area contributed by atoms with Gasteiger partial charge in [-0.15, -0.1) is 11.3 Å². The number of thioether (sulfide) groups is 1. The first-order valence-electron chi connectivity index (χ1n) is 7.06. The van der Waals surface area contributed by atoms with Crippen molar-refractivity contribution in [3.63, 3.8) is 0 Å². The van der Waals surface area contributed by atoms with Crippen molar-refractivity contribution in [2.24, 2.45) is 0 Å². The van der Waals surface area contributed by atoms with Gasteiger partial charge in [-0.3, -0.25) is 14.5 Å². The molecule has 0 saturated carbocycles. The van der Waals surface area contributed by atoms with E-state index >= 15 is 0 Å². The smallest absolute Gasteiger partial charge is 0.307 e. The highest BCUT2D eigenvalue weighted by Crippen LogP contribution is 2.33. The maximum atomic E-state index is 12.3. The highest BCUT2D eigenvalue weighted by molar-refractivity contribution is 8.26. The molecule has 0 radical (unpaired) electrons. The van der Waals surface area contributed by atoms with Crippen LogP contribution in [0.25, 0.3) is 6.08 Å². The molecule has 7 heteroatoms. The number of unbranched alkanes of at least 4 members (excludes halogenated alkanes) is 1. The summed E-state index contributed by atoms with van der Waals surface area (Å²) in [7, 11) is 0. The van der Waals surface area contributed by atoms with Crippen LogP contribution < -0.4 is 0 Å². The van der Waals surface area contributed by atoms with Crippen molar-refractivity contribution in [2.75, 3.05) is 13.2 Å². The van der Waals surface area contributed by atoms with Crippen LogP contribution in [-0.4, -0.2) is 34.2 Å². The Kier molecular flexibility index (Phi) is 6.60. The third kappa shape index (κ3) is 4.66. The van der Waals surface area contributed by atoms with E-state index in [1.54, 1.807) is 11.3 Å². The molecule has 1 aromatic rings. The number of amides is 1. The van der Waals surface area contributed by atoms with Crippen LogP contribution >= 0.6 is 35.3 Å². The number of esters is 1. The summed E-state index contributed by atoms with van der Waals surface area (Å²) in [5.74, 6) is -0.422. The van der Waals surface area contributed by atoms with Crippen LogP contribution in [0.1, 0.15) is 31.1 Å². The van der Waals surface area contributed by atoms with Gasteiger partial charge in [-0.05, 0) is 23.9 Å². The molecule has 0 bridgehead atoms. The number of nitrogens with zero attached hydrogens (tertiary/aromatic N) is 1. The molecular formula is C15H17NO3S3. The maximum Gasteiger partial charge on any atom is 0.307 e. The van der Waals surface area contributed by atoms with E-state index < -0.39 is 0 Å². The molecule has 0 unspecified atom stereocenters. The van der Waals surface area contributed by atoms with Gasteiger partial charge in [-0.1, -0.05) is 43.4 Å². The molecule has 2 rings (SSSR count). The van der Waals surface area contributed by atoms with Crippen molar-refractivity contribution in [1.29, 1.82) is 0 Å². The molecule has 1 aromatic heterocycles. The molecule has 1 saturated heterocycles. The van der Waals surface area contributed by atoms with E-state index in [0.717, 1.165) is 17.7 Å². The zero-order chi connectivity index (χ0) is 15.9. The molecule has 0 atom stereocenters. The standard InChI is InChI=1S/C15H17NO3S3/c1-2-3-8-19-13(17)6-7-16-14(18)12(22-15(16)20)10-11-5-4-9-21-11/h4-5,9-10H,2-3,6-8H2,1H3. The summed E-state index contributed by atoms with van der Waals surface area (Å²) in [4.78, 5) is 27.0. The van der Waals surface area contributed by atoms with Gasteiger partial charge in [0.1, 0.15) is 4.32 Å². The quantitative estimate of drug-likeness (QED) is 0.323. The van der Waals surface area contributed by atoms with Crippen LogP contribution in [0.15, 0.2) is 22.4 Å². The number of carbonyl (C=O) groups excluding carboxylic acids is 2. The number of hydrogen-bond donors (Lipinski definition) is 0. The van der Waals surface area contributed by atoms with Gasteiger partial charge in [0.15, 0.2) is 0 Å². The summed E-state index contributed by atoms with van der Waals surface area (Å²) >= 11 is 8.07. The van der Waals surface area contributed by atoms with Gasteiger partial charge in [0.2, 0.25) is 0 Å². The van der Waals surface area contributed by atoms with E-state index in [9.17, 15) is 9.59 Å². The Morgan fingerprint density at radius 2 is 2.32 bits per heavy atom. The van der Waals surface area contributed by atoms with Crippen LogP contribution in [0, 0.1) is 0 Å². The SMILES string of the molecule is CCCCOC(=O)CCN1C(=O)C(=Cc2cccs2)SC1=S. The molecule has 118 valence electrons. The van der Waals surface area contributed by atoms with Crippen molar-refractivity contribution in [3.05, 3.63) is 27.3 Å². The van der Waals surface area contributed by atoms with Crippen molar-refractivity contribution < 1.29 is 14.3 Å². The van der Waals surface area contributed by atoms with E-state index in [2.05, 4.69) is 0 Å². The molecule has 0 aromatic carbocycles. The number of thiophene rings is 1. The Balaban J connectivity index is 1.88. The van der Waals surface area contributed by atoms with E-state index in [4.69, 9.17) is 17.0 Å². The van der Waals surface area contributed by atoms with Crippen molar-refractivity contribution >= 4 is 57.6 Å². The van der Waals surface area contributed by atoms with Crippen molar-refractivity contribution in [2.45, 2.75) is 26.2 Å². The van der Waals surface area contributed by atoms with Gasteiger partial charge in [0, 0.05) is 11.4 Å². The lowest BCUT2D eigenvalue weighted by Gasteiger charge is -2.13.